The van der Waals surface area contributed by atoms with Gasteiger partial charge < -0.3 is 15.2 Å². The molecule has 0 fully saturated rings. The molecule has 0 saturated carbocycles. The van der Waals surface area contributed by atoms with Crippen molar-refractivity contribution in [2.24, 2.45) is 0 Å². The molecule has 2 N–H and O–H groups in total. The van der Waals surface area contributed by atoms with Crippen LogP contribution < -0.4 is 10.1 Å². The molecule has 108 valence electrons. The van der Waals surface area contributed by atoms with Crippen molar-refractivity contribution >= 4 is 23.0 Å². The maximum atomic E-state index is 10.8. The number of carbonyl (C=O) groups is 1. The molecule has 7 heteroatoms. The highest BCUT2D eigenvalue weighted by Gasteiger charge is 2.15. The lowest BCUT2D eigenvalue weighted by Crippen LogP contribution is -2.08. The molecule has 2 rings (SSSR count). The van der Waals surface area contributed by atoms with Crippen molar-refractivity contribution in [3.8, 4) is 11.8 Å². The summed E-state index contributed by atoms with van der Waals surface area (Å²) in [4.78, 5) is 14.9. The summed E-state index contributed by atoms with van der Waals surface area (Å²) in [5.74, 6) is -0.419. The number of nitriles is 1. The Hall–Kier alpha value is -2.59. The Bertz CT molecular complexity index is 706. The number of hydrogen-bond donors (Lipinski definition) is 2. The van der Waals surface area contributed by atoms with Crippen molar-refractivity contribution in [3.63, 3.8) is 0 Å². The van der Waals surface area contributed by atoms with Crippen LogP contribution in [0.5, 0.6) is 5.75 Å². The van der Waals surface area contributed by atoms with Gasteiger partial charge in [-0.3, -0.25) is 0 Å². The fraction of sp³-hybridized carbons (Fsp3) is 0.214. The van der Waals surface area contributed by atoms with Gasteiger partial charge in [-0.15, -0.1) is 11.3 Å². The van der Waals surface area contributed by atoms with Gasteiger partial charge in [0.25, 0.3) is 0 Å². The number of nitrogens with one attached hydrogen (secondary N) is 1. The summed E-state index contributed by atoms with van der Waals surface area (Å²) in [6, 6.07) is 6.97. The fourth-order valence-corrected chi connectivity index (χ4v) is 2.55. The lowest BCUT2D eigenvalue weighted by atomic mass is 10.1. The summed E-state index contributed by atoms with van der Waals surface area (Å²) in [6.07, 6.45) is 0. The number of rotatable bonds is 5. The highest BCUT2D eigenvalue weighted by Crippen LogP contribution is 2.27. The average molecular weight is 303 g/mol. The van der Waals surface area contributed by atoms with Gasteiger partial charge in [-0.05, 0) is 19.1 Å². The van der Waals surface area contributed by atoms with Crippen molar-refractivity contribution < 1.29 is 14.6 Å². The minimum Gasteiger partial charge on any atom is -0.497 e. The first-order chi connectivity index (χ1) is 10.0. The van der Waals surface area contributed by atoms with Gasteiger partial charge in [0.15, 0.2) is 5.69 Å². The summed E-state index contributed by atoms with van der Waals surface area (Å²) in [6.45, 7) is 1.85. The number of methoxy groups -OCH3 is 1. The van der Waals surface area contributed by atoms with E-state index in [-0.39, 0.29) is 11.7 Å². The number of benzene rings is 1. The van der Waals surface area contributed by atoms with E-state index in [2.05, 4.69) is 16.4 Å². The highest BCUT2D eigenvalue weighted by molar-refractivity contribution is 7.09. The number of aromatic carboxylic acids is 1. The van der Waals surface area contributed by atoms with E-state index in [1.807, 2.05) is 6.92 Å². The molecule has 1 aromatic heterocycles. The second kappa shape index (κ2) is 6.24. The van der Waals surface area contributed by atoms with Crippen LogP contribution in [0.1, 0.15) is 34.0 Å². The third-order valence-corrected chi connectivity index (χ3v) is 3.86. The number of carboxylic acid groups (broad SMARTS) is 1. The Kier molecular flexibility index (Phi) is 4.40. The Labute approximate surface area is 125 Å². The molecular weight excluding hydrogens is 290 g/mol. The van der Waals surface area contributed by atoms with Crippen LogP contribution in [-0.4, -0.2) is 23.2 Å². The number of anilines is 1. The molecule has 0 saturated heterocycles. The number of nitrogens with zero attached hydrogens (tertiary/aromatic N) is 2. The lowest BCUT2D eigenvalue weighted by molar-refractivity contribution is 0.0691. The van der Waals surface area contributed by atoms with E-state index in [1.54, 1.807) is 25.3 Å². The average Bonchev–Trinajstić information content (AvgIpc) is 2.97. The van der Waals surface area contributed by atoms with E-state index < -0.39 is 5.97 Å². The second-order valence-corrected chi connectivity index (χ2v) is 5.16. The Morgan fingerprint density at radius 3 is 2.90 bits per heavy atom. The molecule has 1 heterocycles. The van der Waals surface area contributed by atoms with E-state index in [0.717, 1.165) is 0 Å². The molecule has 0 radical (unpaired) electrons. The first-order valence-corrected chi connectivity index (χ1v) is 6.96. The minimum absolute atomic E-state index is 0.0230. The number of hydrogen-bond acceptors (Lipinski definition) is 6. The molecule has 0 aliphatic carbocycles. The number of ether oxygens (including phenoxy) is 1. The standard InChI is InChI=1S/C14H13N3O3S/c1-8(13-17-12(7-21-13)14(18)19)16-11-5-10(20-2)4-3-9(11)6-15/h3-5,7-8,16H,1-2H3,(H,18,19). The number of aromatic nitrogens is 1. The maximum absolute atomic E-state index is 10.8. The monoisotopic (exact) mass is 303 g/mol. The molecule has 1 unspecified atom stereocenters. The van der Waals surface area contributed by atoms with E-state index in [4.69, 9.17) is 15.1 Å². The third kappa shape index (κ3) is 3.30. The molecule has 1 aromatic carbocycles. The Morgan fingerprint density at radius 2 is 2.33 bits per heavy atom. The summed E-state index contributed by atoms with van der Waals surface area (Å²) >= 11 is 1.26. The van der Waals surface area contributed by atoms with Crippen LogP contribution in [0.15, 0.2) is 23.6 Å². The van der Waals surface area contributed by atoms with E-state index >= 15 is 0 Å². The largest absolute Gasteiger partial charge is 0.497 e. The smallest absolute Gasteiger partial charge is 0.355 e. The van der Waals surface area contributed by atoms with Gasteiger partial charge in [-0.1, -0.05) is 0 Å². The molecule has 2 aromatic rings. The zero-order valence-corrected chi connectivity index (χ0v) is 12.3. The lowest BCUT2D eigenvalue weighted by Gasteiger charge is -2.14. The fourth-order valence-electron chi connectivity index (χ4n) is 1.75. The predicted octanol–water partition coefficient (Wildman–Crippen LogP) is 2.89. The minimum atomic E-state index is -1.05. The molecule has 6 nitrogen and oxygen atoms in total. The summed E-state index contributed by atoms with van der Waals surface area (Å²) in [5.41, 5.74) is 1.13. The summed E-state index contributed by atoms with van der Waals surface area (Å²) in [7, 11) is 1.55. The van der Waals surface area contributed by atoms with Gasteiger partial charge in [0.2, 0.25) is 0 Å². The quantitative estimate of drug-likeness (QED) is 0.881. The molecule has 0 amide bonds. The van der Waals surface area contributed by atoms with Gasteiger partial charge in [-0.2, -0.15) is 5.26 Å². The van der Waals surface area contributed by atoms with Crippen molar-refractivity contribution in [2.75, 3.05) is 12.4 Å². The van der Waals surface area contributed by atoms with Crippen LogP contribution in [0.3, 0.4) is 0 Å². The van der Waals surface area contributed by atoms with Gasteiger partial charge in [0.1, 0.15) is 16.8 Å². The van der Waals surface area contributed by atoms with E-state index in [9.17, 15) is 4.79 Å². The SMILES string of the molecule is COc1ccc(C#N)c(NC(C)c2nc(C(=O)O)cs2)c1. The summed E-state index contributed by atoms with van der Waals surface area (Å²) in [5, 5.41) is 23.3. The van der Waals surface area contributed by atoms with Gasteiger partial charge in [0, 0.05) is 11.4 Å². The molecule has 21 heavy (non-hydrogen) atoms. The van der Waals surface area contributed by atoms with E-state index in [1.165, 1.54) is 16.7 Å². The zero-order valence-electron chi connectivity index (χ0n) is 11.5. The first kappa shape index (κ1) is 14.8. The molecule has 1 atom stereocenters. The molecule has 0 aliphatic rings. The van der Waals surface area contributed by atoms with Crippen molar-refractivity contribution in [2.45, 2.75) is 13.0 Å². The second-order valence-electron chi connectivity index (χ2n) is 4.27. The van der Waals surface area contributed by atoms with E-state index in [0.29, 0.717) is 22.0 Å². The topological polar surface area (TPSA) is 95.2 Å². The molecule has 0 spiro atoms. The van der Waals surface area contributed by atoms with Crippen LogP contribution in [0.2, 0.25) is 0 Å². The Balaban J connectivity index is 2.24. The van der Waals surface area contributed by atoms with Gasteiger partial charge in [0.05, 0.1) is 24.4 Å². The van der Waals surface area contributed by atoms with Gasteiger partial charge >= 0.3 is 5.97 Å². The molecular formula is C14H13N3O3S. The Morgan fingerprint density at radius 1 is 1.57 bits per heavy atom. The molecule has 0 bridgehead atoms. The normalized spacial score (nSPS) is 11.5. The number of thiazole rings is 1. The van der Waals surface area contributed by atoms with Crippen molar-refractivity contribution in [3.05, 3.63) is 39.8 Å². The zero-order chi connectivity index (χ0) is 15.4. The van der Waals surface area contributed by atoms with Crippen molar-refractivity contribution in [1.29, 1.82) is 5.26 Å². The predicted molar refractivity (Wildman–Crippen MR) is 78.8 cm³/mol. The van der Waals surface area contributed by atoms with Crippen LogP contribution in [-0.2, 0) is 0 Å². The molecule has 0 aliphatic heterocycles. The van der Waals surface area contributed by atoms with Crippen molar-refractivity contribution in [1.82, 2.24) is 4.98 Å². The van der Waals surface area contributed by atoms with Crippen LogP contribution in [0.4, 0.5) is 5.69 Å². The van der Waals surface area contributed by atoms with Crippen LogP contribution >= 0.6 is 11.3 Å². The first-order valence-electron chi connectivity index (χ1n) is 6.08. The van der Waals surface area contributed by atoms with Crippen LogP contribution in [0, 0.1) is 11.3 Å². The third-order valence-electron chi connectivity index (χ3n) is 2.83. The maximum Gasteiger partial charge on any atom is 0.355 e. The van der Waals surface area contributed by atoms with Crippen LogP contribution in [0.25, 0.3) is 0 Å². The summed E-state index contributed by atoms with van der Waals surface area (Å²) < 4.78 is 5.14. The highest BCUT2D eigenvalue weighted by atomic mass is 32.1. The van der Waals surface area contributed by atoms with Gasteiger partial charge in [-0.25, -0.2) is 9.78 Å². The number of carboxylic acids is 1.